The Bertz CT molecular complexity index is 780. The molecule has 1 fully saturated rings. The number of ether oxygens (including phenoxy) is 1. The number of hydrogen-bond acceptors (Lipinski definition) is 4. The lowest BCUT2D eigenvalue weighted by atomic mass is 9.95. The Morgan fingerprint density at radius 2 is 1.76 bits per heavy atom. The average Bonchev–Trinajstić information content (AvgIpc) is 2.68. The second kappa shape index (κ2) is 6.92. The van der Waals surface area contributed by atoms with Crippen molar-refractivity contribution in [3.8, 4) is 11.4 Å². The van der Waals surface area contributed by atoms with E-state index < -0.39 is 0 Å². The first-order valence-corrected chi connectivity index (χ1v) is 9.06. The quantitative estimate of drug-likeness (QED) is 0.845. The molecule has 0 N–H and O–H groups in total. The molecule has 2 aromatic rings. The fourth-order valence-electron chi connectivity index (χ4n) is 3.62. The smallest absolute Gasteiger partial charge is 0.254 e. The Hall–Kier alpha value is -2.27. The van der Waals surface area contributed by atoms with Crippen LogP contribution in [-0.2, 0) is 17.6 Å². The maximum absolute atomic E-state index is 12.5. The van der Waals surface area contributed by atoms with E-state index in [9.17, 15) is 4.79 Å². The fourth-order valence-corrected chi connectivity index (χ4v) is 3.62. The topological polar surface area (TPSA) is 55.3 Å². The van der Waals surface area contributed by atoms with Crippen LogP contribution in [-0.4, -0.2) is 47.1 Å². The molecular weight excluding hydrogens is 314 g/mol. The lowest BCUT2D eigenvalue weighted by Crippen LogP contribution is -2.40. The molecule has 25 heavy (non-hydrogen) atoms. The van der Waals surface area contributed by atoms with Crippen LogP contribution in [0.3, 0.4) is 0 Å². The van der Waals surface area contributed by atoms with Gasteiger partial charge in [0.1, 0.15) is 0 Å². The highest BCUT2D eigenvalue weighted by atomic mass is 16.5. The molecule has 1 aromatic heterocycles. The summed E-state index contributed by atoms with van der Waals surface area (Å²) in [4.78, 5) is 23.9. The lowest BCUT2D eigenvalue weighted by Gasteiger charge is -2.26. The molecule has 0 spiro atoms. The number of aromatic nitrogens is 2. The minimum atomic E-state index is 0.0670. The predicted molar refractivity (Wildman–Crippen MR) is 95.6 cm³/mol. The van der Waals surface area contributed by atoms with Gasteiger partial charge in [-0.2, -0.15) is 0 Å². The zero-order valence-electron chi connectivity index (χ0n) is 14.6. The molecule has 0 unspecified atom stereocenters. The Kier molecular flexibility index (Phi) is 4.49. The number of nitrogens with zero attached hydrogens (tertiary/aromatic N) is 3. The third-order valence-corrected chi connectivity index (χ3v) is 5.08. The van der Waals surface area contributed by atoms with Gasteiger partial charge in [-0.25, -0.2) is 9.97 Å². The Morgan fingerprint density at radius 1 is 1.04 bits per heavy atom. The van der Waals surface area contributed by atoms with E-state index >= 15 is 0 Å². The van der Waals surface area contributed by atoms with Crippen LogP contribution in [0, 0.1) is 6.92 Å². The summed E-state index contributed by atoms with van der Waals surface area (Å²) in [5, 5.41) is 0. The molecule has 1 aliphatic carbocycles. The number of aryl methyl sites for hydroxylation is 2. The molecule has 2 aliphatic rings. The van der Waals surface area contributed by atoms with E-state index in [1.807, 2.05) is 29.2 Å². The van der Waals surface area contributed by atoms with Gasteiger partial charge < -0.3 is 9.64 Å². The maximum atomic E-state index is 12.5. The summed E-state index contributed by atoms with van der Waals surface area (Å²) in [5.74, 6) is 0.834. The number of morpholine rings is 1. The first-order chi connectivity index (χ1) is 12.2. The molecule has 0 radical (unpaired) electrons. The molecule has 1 aliphatic heterocycles. The highest BCUT2D eigenvalue weighted by Gasteiger charge is 2.19. The van der Waals surface area contributed by atoms with Gasteiger partial charge in [-0.1, -0.05) is 12.1 Å². The third kappa shape index (κ3) is 3.29. The number of benzene rings is 1. The molecule has 130 valence electrons. The van der Waals surface area contributed by atoms with Crippen LogP contribution in [0.15, 0.2) is 24.3 Å². The third-order valence-electron chi connectivity index (χ3n) is 5.08. The van der Waals surface area contributed by atoms with E-state index in [0.29, 0.717) is 31.9 Å². The van der Waals surface area contributed by atoms with Crippen LogP contribution in [0.5, 0.6) is 0 Å². The van der Waals surface area contributed by atoms with Gasteiger partial charge in [-0.3, -0.25) is 4.79 Å². The van der Waals surface area contributed by atoms with E-state index in [1.54, 1.807) is 0 Å². The number of rotatable bonds is 2. The van der Waals surface area contributed by atoms with E-state index in [0.717, 1.165) is 29.9 Å². The van der Waals surface area contributed by atoms with Crippen molar-refractivity contribution in [1.82, 2.24) is 14.9 Å². The number of carbonyl (C=O) groups excluding carboxylic acids is 1. The summed E-state index contributed by atoms with van der Waals surface area (Å²) in [6.45, 7) is 4.63. The molecule has 1 amide bonds. The molecule has 0 bridgehead atoms. The molecule has 4 rings (SSSR count). The normalized spacial score (nSPS) is 17.2. The highest BCUT2D eigenvalue weighted by molar-refractivity contribution is 5.94. The second-order valence-corrected chi connectivity index (χ2v) is 6.75. The summed E-state index contributed by atoms with van der Waals surface area (Å²) in [7, 11) is 0. The van der Waals surface area contributed by atoms with E-state index in [2.05, 4.69) is 6.92 Å². The summed E-state index contributed by atoms with van der Waals surface area (Å²) >= 11 is 0. The van der Waals surface area contributed by atoms with Crippen LogP contribution >= 0.6 is 0 Å². The highest BCUT2D eigenvalue weighted by Crippen LogP contribution is 2.25. The van der Waals surface area contributed by atoms with Crippen molar-refractivity contribution in [3.63, 3.8) is 0 Å². The fraction of sp³-hybridized carbons (Fsp3) is 0.450. The molecule has 2 heterocycles. The van der Waals surface area contributed by atoms with Gasteiger partial charge >= 0.3 is 0 Å². The van der Waals surface area contributed by atoms with Gasteiger partial charge in [-0.15, -0.1) is 0 Å². The van der Waals surface area contributed by atoms with Gasteiger partial charge in [0, 0.05) is 35.6 Å². The Morgan fingerprint density at radius 3 is 2.52 bits per heavy atom. The van der Waals surface area contributed by atoms with E-state index in [-0.39, 0.29) is 5.91 Å². The van der Waals surface area contributed by atoms with Gasteiger partial charge in [0.2, 0.25) is 0 Å². The molecule has 1 aromatic carbocycles. The van der Waals surface area contributed by atoms with Crippen molar-refractivity contribution in [2.45, 2.75) is 32.6 Å². The van der Waals surface area contributed by atoms with Crippen molar-refractivity contribution in [2.75, 3.05) is 26.3 Å². The number of fused-ring (bicyclic) bond motifs is 1. The minimum absolute atomic E-state index is 0.0670. The lowest BCUT2D eigenvalue weighted by molar-refractivity contribution is 0.0303. The number of carbonyl (C=O) groups is 1. The zero-order chi connectivity index (χ0) is 17.2. The minimum Gasteiger partial charge on any atom is -0.378 e. The number of amides is 1. The average molecular weight is 337 g/mol. The van der Waals surface area contributed by atoms with Crippen LogP contribution in [0.1, 0.15) is 40.2 Å². The Balaban J connectivity index is 1.58. The van der Waals surface area contributed by atoms with Gasteiger partial charge in [0.15, 0.2) is 5.82 Å². The molecule has 5 heteroatoms. The van der Waals surface area contributed by atoms with Crippen LogP contribution in [0.2, 0.25) is 0 Å². The predicted octanol–water partition coefficient (Wildman–Crippen LogP) is 2.80. The molecule has 0 saturated carbocycles. The summed E-state index contributed by atoms with van der Waals surface area (Å²) in [5.41, 5.74) is 5.29. The van der Waals surface area contributed by atoms with Crippen LogP contribution < -0.4 is 0 Å². The molecular formula is C20H23N3O2. The van der Waals surface area contributed by atoms with Gasteiger partial charge in [0.25, 0.3) is 5.91 Å². The zero-order valence-corrected chi connectivity index (χ0v) is 14.6. The van der Waals surface area contributed by atoms with Crippen LogP contribution in [0.25, 0.3) is 11.4 Å². The van der Waals surface area contributed by atoms with Crippen molar-refractivity contribution in [3.05, 3.63) is 46.8 Å². The van der Waals surface area contributed by atoms with Crippen molar-refractivity contribution >= 4 is 5.91 Å². The molecule has 1 saturated heterocycles. The van der Waals surface area contributed by atoms with Crippen molar-refractivity contribution in [2.24, 2.45) is 0 Å². The summed E-state index contributed by atoms with van der Waals surface area (Å²) in [6, 6.07) is 7.67. The second-order valence-electron chi connectivity index (χ2n) is 6.75. The summed E-state index contributed by atoms with van der Waals surface area (Å²) in [6.07, 6.45) is 4.57. The standard InChI is InChI=1S/C20H23N3O2/c1-14-17-4-2-3-5-18(17)22-19(21-14)15-6-8-16(9-7-15)20(24)23-10-12-25-13-11-23/h6-9H,2-5,10-13H2,1H3. The number of hydrogen-bond donors (Lipinski definition) is 0. The largest absolute Gasteiger partial charge is 0.378 e. The first-order valence-electron chi connectivity index (χ1n) is 9.06. The van der Waals surface area contributed by atoms with Crippen molar-refractivity contribution in [1.29, 1.82) is 0 Å². The summed E-state index contributed by atoms with van der Waals surface area (Å²) < 4.78 is 5.31. The Labute approximate surface area is 148 Å². The maximum Gasteiger partial charge on any atom is 0.254 e. The van der Waals surface area contributed by atoms with Crippen molar-refractivity contribution < 1.29 is 9.53 Å². The molecule has 0 atom stereocenters. The molecule has 5 nitrogen and oxygen atoms in total. The monoisotopic (exact) mass is 337 g/mol. The van der Waals surface area contributed by atoms with E-state index in [1.165, 1.54) is 24.1 Å². The van der Waals surface area contributed by atoms with Gasteiger partial charge in [0.05, 0.1) is 13.2 Å². The SMILES string of the molecule is Cc1nc(-c2ccc(C(=O)N3CCOCC3)cc2)nc2c1CCCC2. The van der Waals surface area contributed by atoms with Gasteiger partial charge in [-0.05, 0) is 50.3 Å². The van der Waals surface area contributed by atoms with E-state index in [4.69, 9.17) is 14.7 Å². The first kappa shape index (κ1) is 16.2. The van der Waals surface area contributed by atoms with Crippen LogP contribution in [0.4, 0.5) is 0 Å².